The third-order valence-electron chi connectivity index (χ3n) is 2.73. The Hall–Kier alpha value is -1.67. The molecule has 0 aliphatic rings. The van der Waals surface area contributed by atoms with Gasteiger partial charge in [-0.05, 0) is 52.9 Å². The second-order valence-electron chi connectivity index (χ2n) is 4.09. The van der Waals surface area contributed by atoms with Gasteiger partial charge in [0, 0.05) is 8.96 Å². The number of benzene rings is 1. The molecular weight excluding hydrogens is 391 g/mol. The fourth-order valence-electron chi connectivity index (χ4n) is 1.80. The van der Waals surface area contributed by atoms with E-state index in [1.165, 1.54) is 6.20 Å². The number of carbonyl (C=O) groups excluding carboxylic acids is 1. The van der Waals surface area contributed by atoms with Gasteiger partial charge >= 0.3 is 0 Å². The number of nitrogens with zero attached hydrogens (tertiary/aromatic N) is 2. The summed E-state index contributed by atoms with van der Waals surface area (Å²) < 4.78 is 1.04. The van der Waals surface area contributed by atoms with Crippen LogP contribution in [0.4, 0.5) is 5.69 Å². The minimum absolute atomic E-state index is 0.289. The van der Waals surface area contributed by atoms with E-state index < -0.39 is 0 Å². The van der Waals surface area contributed by atoms with Crippen molar-refractivity contribution in [2.45, 2.75) is 0 Å². The van der Waals surface area contributed by atoms with Crippen LogP contribution in [0.15, 0.2) is 36.5 Å². The summed E-state index contributed by atoms with van der Waals surface area (Å²) in [7, 11) is 0. The summed E-state index contributed by atoms with van der Waals surface area (Å²) in [6.45, 7) is 0. The van der Waals surface area contributed by atoms with Crippen molar-refractivity contribution >= 4 is 56.7 Å². The lowest BCUT2D eigenvalue weighted by Crippen LogP contribution is -2.12. The first-order valence-corrected chi connectivity index (χ1v) is 7.16. The fourth-order valence-corrected chi connectivity index (χ4v) is 2.40. The summed E-state index contributed by atoms with van der Waals surface area (Å²) in [5.41, 5.74) is 1.75. The molecule has 2 N–H and O–H groups in total. The van der Waals surface area contributed by atoms with Gasteiger partial charge in [0.1, 0.15) is 5.15 Å². The van der Waals surface area contributed by atoms with E-state index in [1.807, 2.05) is 18.2 Å². The summed E-state index contributed by atoms with van der Waals surface area (Å²) >= 11 is 7.90. The smallest absolute Gasteiger partial charge is 0.276 e. The van der Waals surface area contributed by atoms with Gasteiger partial charge in [-0.3, -0.25) is 9.89 Å². The van der Waals surface area contributed by atoms with Crippen LogP contribution in [0.1, 0.15) is 10.5 Å². The average molecular weight is 399 g/mol. The highest BCUT2D eigenvalue weighted by molar-refractivity contribution is 14.1. The van der Waals surface area contributed by atoms with Gasteiger partial charge in [0.25, 0.3) is 5.91 Å². The van der Waals surface area contributed by atoms with Gasteiger partial charge < -0.3 is 5.32 Å². The molecule has 100 valence electrons. The van der Waals surface area contributed by atoms with Gasteiger partial charge in [0.05, 0.1) is 17.4 Å². The highest BCUT2D eigenvalue weighted by atomic mass is 127. The van der Waals surface area contributed by atoms with E-state index in [-0.39, 0.29) is 5.91 Å². The highest BCUT2D eigenvalue weighted by Gasteiger charge is 2.14. The van der Waals surface area contributed by atoms with Crippen molar-refractivity contribution in [2.24, 2.45) is 0 Å². The number of amides is 1. The molecular formula is C13H8ClIN4O. The van der Waals surface area contributed by atoms with E-state index in [1.54, 1.807) is 12.1 Å². The molecule has 0 aliphatic heterocycles. The number of pyridine rings is 1. The van der Waals surface area contributed by atoms with Gasteiger partial charge in [-0.1, -0.05) is 11.6 Å². The number of hydrogen-bond acceptors (Lipinski definition) is 3. The number of aromatic nitrogens is 3. The van der Waals surface area contributed by atoms with E-state index in [4.69, 9.17) is 11.6 Å². The normalized spacial score (nSPS) is 10.7. The van der Waals surface area contributed by atoms with Crippen molar-refractivity contribution in [3.8, 4) is 0 Å². The Morgan fingerprint density at radius 2 is 2.15 bits per heavy atom. The third-order valence-corrected chi connectivity index (χ3v) is 3.62. The maximum Gasteiger partial charge on any atom is 0.276 e. The topological polar surface area (TPSA) is 70.7 Å². The van der Waals surface area contributed by atoms with E-state index >= 15 is 0 Å². The molecule has 0 aliphatic carbocycles. The number of aromatic amines is 1. The zero-order valence-corrected chi connectivity index (χ0v) is 12.9. The lowest BCUT2D eigenvalue weighted by molar-refractivity contribution is 0.102. The van der Waals surface area contributed by atoms with Crippen molar-refractivity contribution in [3.05, 3.63) is 50.9 Å². The van der Waals surface area contributed by atoms with Gasteiger partial charge in [-0.15, -0.1) is 0 Å². The van der Waals surface area contributed by atoms with Crippen molar-refractivity contribution in [1.82, 2.24) is 15.2 Å². The van der Waals surface area contributed by atoms with E-state index in [2.05, 4.69) is 43.1 Å². The first-order chi connectivity index (χ1) is 9.63. The number of carbonyl (C=O) groups is 1. The van der Waals surface area contributed by atoms with Crippen molar-refractivity contribution in [2.75, 3.05) is 5.32 Å². The summed E-state index contributed by atoms with van der Waals surface area (Å²) in [4.78, 5) is 16.1. The number of fused-ring (bicyclic) bond motifs is 1. The Balaban J connectivity index is 1.92. The maximum atomic E-state index is 12.2. The highest BCUT2D eigenvalue weighted by Crippen LogP contribution is 2.20. The van der Waals surface area contributed by atoms with Crippen LogP contribution in [-0.4, -0.2) is 21.1 Å². The average Bonchev–Trinajstić information content (AvgIpc) is 2.84. The Morgan fingerprint density at radius 1 is 1.30 bits per heavy atom. The Bertz CT molecular complexity index is 785. The lowest BCUT2D eigenvalue weighted by Gasteiger charge is -2.02. The molecule has 0 bridgehead atoms. The standard InChI is InChI=1S/C13H8ClIN4O/c14-11-4-2-8(6-16-11)17-13(20)12-9-5-7(15)1-3-10(9)18-19-12/h1-6H,(H,17,20)(H,18,19). The van der Waals surface area contributed by atoms with Gasteiger partial charge in [0.2, 0.25) is 0 Å². The molecule has 2 aromatic heterocycles. The fraction of sp³-hybridized carbons (Fsp3) is 0. The van der Waals surface area contributed by atoms with Crippen LogP contribution in [0.2, 0.25) is 5.15 Å². The molecule has 0 unspecified atom stereocenters. The predicted octanol–water partition coefficient (Wildman–Crippen LogP) is 3.47. The Morgan fingerprint density at radius 3 is 2.90 bits per heavy atom. The molecule has 0 radical (unpaired) electrons. The Kier molecular flexibility index (Phi) is 3.58. The minimum atomic E-state index is -0.289. The van der Waals surface area contributed by atoms with Crippen LogP contribution in [0.3, 0.4) is 0 Å². The molecule has 1 aromatic carbocycles. The van der Waals surface area contributed by atoms with Gasteiger partial charge in [0.15, 0.2) is 5.69 Å². The summed E-state index contributed by atoms with van der Waals surface area (Å²) in [6, 6.07) is 9.06. The molecule has 5 nitrogen and oxygen atoms in total. The van der Waals surface area contributed by atoms with E-state index in [0.29, 0.717) is 16.5 Å². The van der Waals surface area contributed by atoms with Crippen LogP contribution in [0, 0.1) is 3.57 Å². The summed E-state index contributed by atoms with van der Waals surface area (Å²) in [6.07, 6.45) is 1.50. The van der Waals surface area contributed by atoms with Gasteiger partial charge in [-0.25, -0.2) is 4.98 Å². The van der Waals surface area contributed by atoms with Crippen LogP contribution >= 0.6 is 34.2 Å². The molecule has 2 heterocycles. The molecule has 1 amide bonds. The zero-order chi connectivity index (χ0) is 14.1. The molecule has 3 aromatic rings. The molecule has 7 heteroatoms. The summed E-state index contributed by atoms with van der Waals surface area (Å²) in [5.74, 6) is -0.289. The van der Waals surface area contributed by atoms with Crippen LogP contribution < -0.4 is 5.32 Å². The SMILES string of the molecule is O=C(Nc1ccc(Cl)nc1)c1n[nH]c2ccc(I)cc12. The van der Waals surface area contributed by atoms with Crippen LogP contribution in [0.5, 0.6) is 0 Å². The van der Waals surface area contributed by atoms with Crippen molar-refractivity contribution < 1.29 is 4.79 Å². The third kappa shape index (κ3) is 2.61. The first-order valence-electron chi connectivity index (χ1n) is 5.70. The number of nitrogens with one attached hydrogen (secondary N) is 2. The number of anilines is 1. The second kappa shape index (κ2) is 5.37. The zero-order valence-electron chi connectivity index (χ0n) is 10.0. The molecule has 0 atom stereocenters. The van der Waals surface area contributed by atoms with Crippen molar-refractivity contribution in [3.63, 3.8) is 0 Å². The molecule has 0 spiro atoms. The minimum Gasteiger partial charge on any atom is -0.319 e. The van der Waals surface area contributed by atoms with E-state index in [0.717, 1.165) is 14.5 Å². The number of hydrogen-bond donors (Lipinski definition) is 2. The number of H-pyrrole nitrogens is 1. The quantitative estimate of drug-likeness (QED) is 0.513. The van der Waals surface area contributed by atoms with Gasteiger partial charge in [-0.2, -0.15) is 5.10 Å². The first kappa shape index (κ1) is 13.3. The molecule has 0 fully saturated rings. The maximum absolute atomic E-state index is 12.2. The van der Waals surface area contributed by atoms with Crippen LogP contribution in [-0.2, 0) is 0 Å². The van der Waals surface area contributed by atoms with Crippen LogP contribution in [0.25, 0.3) is 10.9 Å². The predicted molar refractivity (Wildman–Crippen MR) is 86.0 cm³/mol. The van der Waals surface area contributed by atoms with Crippen molar-refractivity contribution in [1.29, 1.82) is 0 Å². The number of halogens is 2. The lowest BCUT2D eigenvalue weighted by atomic mass is 10.2. The largest absolute Gasteiger partial charge is 0.319 e. The summed E-state index contributed by atoms with van der Waals surface area (Å²) in [5, 5.41) is 10.8. The molecule has 0 saturated carbocycles. The molecule has 20 heavy (non-hydrogen) atoms. The molecule has 3 rings (SSSR count). The van der Waals surface area contributed by atoms with E-state index in [9.17, 15) is 4.79 Å². The molecule has 0 saturated heterocycles. The Labute approximate surface area is 132 Å². The monoisotopic (exact) mass is 398 g/mol. The second-order valence-corrected chi connectivity index (χ2v) is 5.72. The number of rotatable bonds is 2.